The molecule has 1 rings (SSSR count). The first-order valence-electron chi connectivity index (χ1n) is 5.24. The summed E-state index contributed by atoms with van der Waals surface area (Å²) < 4.78 is 5.10. The fourth-order valence-electron chi connectivity index (χ4n) is 1.66. The molecule has 0 aromatic rings. The normalized spacial score (nSPS) is 26.3. The maximum Gasteiger partial charge on any atom is 0.410 e. The largest absolute Gasteiger partial charge is 0.444 e. The van der Waals surface area contributed by atoms with Gasteiger partial charge in [0.15, 0.2) is 6.29 Å². The SMILES string of the molecule is CC(C)(C)OC(=O)N1C[C@H](O)C[C@H]1C(O)O. The van der Waals surface area contributed by atoms with Gasteiger partial charge in [0, 0.05) is 6.42 Å². The summed E-state index contributed by atoms with van der Waals surface area (Å²) >= 11 is 0. The van der Waals surface area contributed by atoms with Crippen molar-refractivity contribution in [1.82, 2.24) is 4.90 Å². The van der Waals surface area contributed by atoms with Gasteiger partial charge < -0.3 is 20.1 Å². The van der Waals surface area contributed by atoms with Crippen LogP contribution in [0.4, 0.5) is 4.79 Å². The molecule has 1 fully saturated rings. The molecule has 6 heteroatoms. The Morgan fingerprint density at radius 3 is 2.44 bits per heavy atom. The molecular weight excluding hydrogens is 214 g/mol. The van der Waals surface area contributed by atoms with Crippen LogP contribution in [0, 0.1) is 0 Å². The molecule has 0 unspecified atom stereocenters. The van der Waals surface area contributed by atoms with Crippen LogP contribution in [-0.4, -0.2) is 56.9 Å². The van der Waals surface area contributed by atoms with E-state index >= 15 is 0 Å². The Bertz CT molecular complexity index is 260. The van der Waals surface area contributed by atoms with Crippen molar-refractivity contribution in [3.63, 3.8) is 0 Å². The summed E-state index contributed by atoms with van der Waals surface area (Å²) in [6, 6.07) is -0.801. The monoisotopic (exact) mass is 233 g/mol. The number of ether oxygens (including phenoxy) is 1. The van der Waals surface area contributed by atoms with E-state index in [4.69, 9.17) is 14.9 Å². The lowest BCUT2D eigenvalue weighted by molar-refractivity contribution is -0.0916. The number of aliphatic hydroxyl groups excluding tert-OH is 2. The Morgan fingerprint density at radius 1 is 1.44 bits per heavy atom. The van der Waals surface area contributed by atoms with E-state index in [1.165, 1.54) is 0 Å². The minimum absolute atomic E-state index is 0.0667. The molecule has 1 aliphatic rings. The molecular formula is C10H19NO5. The maximum atomic E-state index is 11.7. The minimum atomic E-state index is -1.66. The number of hydrogen-bond donors (Lipinski definition) is 3. The Labute approximate surface area is 94.4 Å². The van der Waals surface area contributed by atoms with Gasteiger partial charge in [-0.05, 0) is 20.8 Å². The number of carbonyl (C=O) groups excluding carboxylic acids is 1. The highest BCUT2D eigenvalue weighted by Gasteiger charge is 2.39. The van der Waals surface area contributed by atoms with E-state index in [0.29, 0.717) is 0 Å². The number of hydrogen-bond acceptors (Lipinski definition) is 5. The molecule has 1 amide bonds. The van der Waals surface area contributed by atoms with Crippen molar-refractivity contribution >= 4 is 6.09 Å². The van der Waals surface area contributed by atoms with Crippen LogP contribution < -0.4 is 0 Å². The van der Waals surface area contributed by atoms with E-state index in [1.54, 1.807) is 20.8 Å². The summed E-state index contributed by atoms with van der Waals surface area (Å²) in [7, 11) is 0. The summed E-state index contributed by atoms with van der Waals surface area (Å²) in [6.45, 7) is 5.24. The molecule has 0 spiro atoms. The lowest BCUT2D eigenvalue weighted by Gasteiger charge is -2.28. The van der Waals surface area contributed by atoms with Crippen molar-refractivity contribution in [2.24, 2.45) is 0 Å². The second-order valence-corrected chi connectivity index (χ2v) is 5.00. The summed E-state index contributed by atoms with van der Waals surface area (Å²) in [5.41, 5.74) is -0.643. The molecule has 6 nitrogen and oxygen atoms in total. The molecule has 1 saturated heterocycles. The lowest BCUT2D eigenvalue weighted by atomic mass is 10.2. The average Bonchev–Trinajstić information content (AvgIpc) is 2.44. The Morgan fingerprint density at radius 2 is 2.00 bits per heavy atom. The molecule has 94 valence electrons. The molecule has 16 heavy (non-hydrogen) atoms. The van der Waals surface area contributed by atoms with Crippen molar-refractivity contribution < 1.29 is 24.9 Å². The van der Waals surface area contributed by atoms with Gasteiger partial charge in [-0.3, -0.25) is 4.90 Å². The number of carbonyl (C=O) groups is 1. The van der Waals surface area contributed by atoms with Crippen LogP contribution >= 0.6 is 0 Å². The van der Waals surface area contributed by atoms with Crippen LogP contribution in [0.1, 0.15) is 27.2 Å². The highest BCUT2D eigenvalue weighted by molar-refractivity contribution is 5.69. The van der Waals surface area contributed by atoms with Crippen LogP contribution in [0.15, 0.2) is 0 Å². The fourth-order valence-corrected chi connectivity index (χ4v) is 1.66. The number of likely N-dealkylation sites (tertiary alicyclic amines) is 1. The molecule has 0 aromatic heterocycles. The van der Waals surface area contributed by atoms with Gasteiger partial charge in [0.05, 0.1) is 18.7 Å². The van der Waals surface area contributed by atoms with Gasteiger partial charge >= 0.3 is 6.09 Å². The minimum Gasteiger partial charge on any atom is -0.444 e. The number of β-amino-alcohol motifs (C(OH)–C–C–N with tert-alkyl or cyclic N) is 1. The number of rotatable bonds is 1. The van der Waals surface area contributed by atoms with Crippen LogP contribution in [0.3, 0.4) is 0 Å². The third kappa shape index (κ3) is 3.33. The summed E-state index contributed by atoms with van der Waals surface area (Å²) in [6.07, 6.45) is -2.89. The van der Waals surface area contributed by atoms with Gasteiger partial charge in [0.1, 0.15) is 5.60 Å². The Kier molecular flexibility index (Phi) is 3.77. The first-order valence-corrected chi connectivity index (χ1v) is 5.24. The molecule has 0 bridgehead atoms. The van der Waals surface area contributed by atoms with Crippen LogP contribution in [0.5, 0.6) is 0 Å². The molecule has 0 radical (unpaired) electrons. The maximum absolute atomic E-state index is 11.7. The Balaban J connectivity index is 2.67. The quantitative estimate of drug-likeness (QED) is 0.539. The highest BCUT2D eigenvalue weighted by atomic mass is 16.6. The van der Waals surface area contributed by atoms with Crippen molar-refractivity contribution in [3.8, 4) is 0 Å². The van der Waals surface area contributed by atoms with Crippen LogP contribution in [-0.2, 0) is 4.74 Å². The van der Waals surface area contributed by atoms with Gasteiger partial charge in [-0.15, -0.1) is 0 Å². The van der Waals surface area contributed by atoms with Crippen molar-refractivity contribution in [3.05, 3.63) is 0 Å². The summed E-state index contributed by atoms with van der Waals surface area (Å²) in [5.74, 6) is 0. The molecule has 0 saturated carbocycles. The molecule has 2 atom stereocenters. The van der Waals surface area contributed by atoms with E-state index in [9.17, 15) is 9.90 Å². The predicted molar refractivity (Wildman–Crippen MR) is 55.6 cm³/mol. The van der Waals surface area contributed by atoms with E-state index in [2.05, 4.69) is 0 Å². The topological polar surface area (TPSA) is 90.2 Å². The van der Waals surface area contributed by atoms with E-state index in [-0.39, 0.29) is 13.0 Å². The highest BCUT2D eigenvalue weighted by Crippen LogP contribution is 2.22. The first-order chi connectivity index (χ1) is 7.20. The van der Waals surface area contributed by atoms with E-state index in [0.717, 1.165) is 4.90 Å². The van der Waals surface area contributed by atoms with E-state index in [1.807, 2.05) is 0 Å². The molecule has 1 aliphatic heterocycles. The van der Waals surface area contributed by atoms with Crippen LogP contribution in [0.2, 0.25) is 0 Å². The lowest BCUT2D eigenvalue weighted by Crippen LogP contribution is -2.45. The van der Waals surface area contributed by atoms with Gasteiger partial charge in [-0.1, -0.05) is 0 Å². The smallest absolute Gasteiger partial charge is 0.410 e. The molecule has 0 aromatic carbocycles. The van der Waals surface area contributed by atoms with Crippen LogP contribution in [0.25, 0.3) is 0 Å². The van der Waals surface area contributed by atoms with Crippen molar-refractivity contribution in [1.29, 1.82) is 0 Å². The second-order valence-electron chi connectivity index (χ2n) is 5.00. The summed E-state index contributed by atoms with van der Waals surface area (Å²) in [5, 5.41) is 27.6. The zero-order valence-electron chi connectivity index (χ0n) is 9.75. The van der Waals surface area contributed by atoms with Gasteiger partial charge in [0.2, 0.25) is 0 Å². The zero-order chi connectivity index (χ0) is 12.5. The third-order valence-corrected chi connectivity index (χ3v) is 2.29. The number of nitrogens with zero attached hydrogens (tertiary/aromatic N) is 1. The van der Waals surface area contributed by atoms with Gasteiger partial charge in [0.25, 0.3) is 0 Å². The third-order valence-electron chi connectivity index (χ3n) is 2.29. The zero-order valence-corrected chi connectivity index (χ0v) is 9.75. The molecule has 1 heterocycles. The number of aliphatic hydroxyl groups is 3. The number of amides is 1. The van der Waals surface area contributed by atoms with Gasteiger partial charge in [-0.2, -0.15) is 0 Å². The van der Waals surface area contributed by atoms with Gasteiger partial charge in [-0.25, -0.2) is 4.79 Å². The van der Waals surface area contributed by atoms with E-state index < -0.39 is 30.1 Å². The summed E-state index contributed by atoms with van der Waals surface area (Å²) in [4.78, 5) is 12.8. The molecule has 3 N–H and O–H groups in total. The first kappa shape index (κ1) is 13.2. The Hall–Kier alpha value is -0.850. The fraction of sp³-hybridized carbons (Fsp3) is 0.900. The predicted octanol–water partition coefficient (Wildman–Crippen LogP) is -0.333. The van der Waals surface area contributed by atoms with Crippen molar-refractivity contribution in [2.75, 3.05) is 6.54 Å². The van der Waals surface area contributed by atoms with Crippen molar-refractivity contribution in [2.45, 2.75) is 51.2 Å². The molecule has 0 aliphatic carbocycles. The standard InChI is InChI=1S/C10H19NO5/c1-10(2,3)16-9(15)11-5-6(12)4-7(11)8(13)14/h6-8,12-14H,4-5H2,1-3H3/t6-,7+/m1/s1. The second kappa shape index (κ2) is 4.57. The average molecular weight is 233 g/mol.